The van der Waals surface area contributed by atoms with Crippen LogP contribution >= 0.6 is 0 Å². The minimum Gasteiger partial charge on any atom is -0.383 e. The number of hydrogen-bond donors (Lipinski definition) is 2. The number of benzene rings is 3. The molecule has 176 valence electrons. The van der Waals surface area contributed by atoms with Crippen molar-refractivity contribution in [1.29, 1.82) is 0 Å². The Morgan fingerprint density at radius 2 is 1.50 bits per heavy atom. The minimum absolute atomic E-state index is 0.190. The number of aromatic nitrogens is 5. The molecule has 36 heavy (non-hydrogen) atoms. The normalized spacial score (nSPS) is 11.3. The zero-order valence-electron chi connectivity index (χ0n) is 19.8. The second kappa shape index (κ2) is 8.35. The van der Waals surface area contributed by atoms with E-state index in [2.05, 4.69) is 10.3 Å². The molecule has 0 bridgehead atoms. The largest absolute Gasteiger partial charge is 0.383 e. The van der Waals surface area contributed by atoms with Crippen LogP contribution in [0.3, 0.4) is 0 Å². The molecule has 0 radical (unpaired) electrons. The van der Waals surface area contributed by atoms with Gasteiger partial charge in [0, 0.05) is 18.0 Å². The zero-order valence-corrected chi connectivity index (χ0v) is 19.8. The topological polar surface area (TPSA) is 104 Å². The van der Waals surface area contributed by atoms with Crippen LogP contribution in [0.4, 0.5) is 17.3 Å². The third-order valence-electron chi connectivity index (χ3n) is 6.39. The lowest BCUT2D eigenvalue weighted by atomic mass is 10.1. The highest BCUT2D eigenvalue weighted by Crippen LogP contribution is 2.34. The second-order valence-electron chi connectivity index (χ2n) is 8.56. The van der Waals surface area contributed by atoms with E-state index in [0.717, 1.165) is 27.8 Å². The first-order valence-corrected chi connectivity index (χ1v) is 11.6. The van der Waals surface area contributed by atoms with Gasteiger partial charge >= 0.3 is 0 Å². The SMILES string of the molecule is Cc1c(Nc2nc3ccccc3c3nc(-c4ccccc4)nc(N)c23)c(=O)n(-c2ccccc2)n1C. The predicted molar refractivity (Wildman–Crippen MR) is 144 cm³/mol. The molecule has 0 amide bonds. The van der Waals surface area contributed by atoms with Crippen molar-refractivity contribution in [2.24, 2.45) is 7.05 Å². The first kappa shape index (κ1) is 21.5. The van der Waals surface area contributed by atoms with Crippen molar-refractivity contribution < 1.29 is 0 Å². The van der Waals surface area contributed by atoms with Crippen LogP contribution in [0.1, 0.15) is 5.69 Å². The van der Waals surface area contributed by atoms with E-state index in [1.807, 2.05) is 104 Å². The van der Waals surface area contributed by atoms with Crippen molar-refractivity contribution in [2.45, 2.75) is 6.92 Å². The number of para-hydroxylation sites is 2. The Balaban J connectivity index is 1.59. The van der Waals surface area contributed by atoms with Gasteiger partial charge in [0.2, 0.25) is 0 Å². The molecule has 3 heterocycles. The summed E-state index contributed by atoms with van der Waals surface area (Å²) in [5.41, 5.74) is 10.6. The van der Waals surface area contributed by atoms with E-state index in [1.54, 1.807) is 4.68 Å². The molecular formula is C28H23N7O. The number of hydrogen-bond acceptors (Lipinski definition) is 6. The van der Waals surface area contributed by atoms with Crippen molar-refractivity contribution >= 4 is 39.1 Å². The van der Waals surface area contributed by atoms with E-state index >= 15 is 0 Å². The summed E-state index contributed by atoms with van der Waals surface area (Å²) in [5.74, 6) is 1.26. The summed E-state index contributed by atoms with van der Waals surface area (Å²) in [5, 5.41) is 4.71. The van der Waals surface area contributed by atoms with Gasteiger partial charge in [0.1, 0.15) is 17.3 Å². The fourth-order valence-corrected chi connectivity index (χ4v) is 4.49. The van der Waals surface area contributed by atoms with Gasteiger partial charge in [-0.2, -0.15) is 0 Å². The van der Waals surface area contributed by atoms with Gasteiger partial charge in [0.15, 0.2) is 5.82 Å². The number of nitrogens with two attached hydrogens (primary N) is 1. The molecule has 3 aromatic carbocycles. The molecule has 8 heteroatoms. The Morgan fingerprint density at radius 3 is 2.25 bits per heavy atom. The van der Waals surface area contributed by atoms with Gasteiger partial charge < -0.3 is 11.1 Å². The Kier molecular flexibility index (Phi) is 5.00. The Morgan fingerprint density at radius 1 is 0.833 bits per heavy atom. The molecule has 8 nitrogen and oxygen atoms in total. The Hall–Kier alpha value is -4.98. The standard InChI is InChI=1S/C28H23N7O/c1-17-23(28(36)35(34(17)2)19-13-7-4-8-14-19)31-27-22-24(20-15-9-10-16-21(20)30-27)32-26(33-25(22)29)18-11-5-3-6-12-18/h3-16H,1-2H3,(H,30,31)(H2,29,32,33). The maximum atomic E-state index is 13.5. The maximum absolute atomic E-state index is 13.5. The van der Waals surface area contributed by atoms with E-state index in [0.29, 0.717) is 28.2 Å². The summed E-state index contributed by atoms with van der Waals surface area (Å²) in [7, 11) is 1.85. The first-order chi connectivity index (χ1) is 17.5. The molecule has 3 N–H and O–H groups in total. The average Bonchev–Trinajstić information content (AvgIpc) is 3.12. The lowest BCUT2D eigenvalue weighted by Gasteiger charge is -2.13. The molecule has 0 atom stereocenters. The van der Waals surface area contributed by atoms with E-state index in [9.17, 15) is 4.79 Å². The van der Waals surface area contributed by atoms with E-state index in [-0.39, 0.29) is 11.4 Å². The number of nitrogen functional groups attached to an aromatic ring is 1. The number of pyridine rings is 1. The number of nitrogens with zero attached hydrogens (tertiary/aromatic N) is 5. The highest BCUT2D eigenvalue weighted by Gasteiger charge is 2.21. The van der Waals surface area contributed by atoms with Crippen molar-refractivity contribution in [3.05, 3.63) is 101 Å². The van der Waals surface area contributed by atoms with Crippen LogP contribution in [0.25, 0.3) is 38.9 Å². The van der Waals surface area contributed by atoms with Crippen LogP contribution < -0.4 is 16.6 Å². The van der Waals surface area contributed by atoms with E-state index < -0.39 is 0 Å². The van der Waals surface area contributed by atoms with E-state index in [4.69, 9.17) is 15.7 Å². The summed E-state index contributed by atoms with van der Waals surface area (Å²) in [6.07, 6.45) is 0. The molecule has 6 rings (SSSR count). The third-order valence-corrected chi connectivity index (χ3v) is 6.39. The highest BCUT2D eigenvalue weighted by molar-refractivity contribution is 6.12. The molecule has 3 aromatic heterocycles. The molecule has 0 aliphatic rings. The number of nitrogens with one attached hydrogen (secondary N) is 1. The predicted octanol–water partition coefficient (Wildman–Crippen LogP) is 4.97. The van der Waals surface area contributed by atoms with Gasteiger partial charge in [0.05, 0.1) is 27.8 Å². The van der Waals surface area contributed by atoms with Crippen LogP contribution in [0, 0.1) is 6.92 Å². The second-order valence-corrected chi connectivity index (χ2v) is 8.56. The Bertz CT molecular complexity index is 1810. The smallest absolute Gasteiger partial charge is 0.295 e. The van der Waals surface area contributed by atoms with Crippen molar-refractivity contribution in [1.82, 2.24) is 24.3 Å². The van der Waals surface area contributed by atoms with Crippen molar-refractivity contribution in [3.8, 4) is 17.1 Å². The minimum atomic E-state index is -0.190. The fraction of sp³-hybridized carbons (Fsp3) is 0.0714. The molecule has 0 saturated carbocycles. The summed E-state index contributed by atoms with van der Waals surface area (Å²) in [6.45, 7) is 1.89. The van der Waals surface area contributed by atoms with Gasteiger partial charge in [-0.15, -0.1) is 0 Å². The highest BCUT2D eigenvalue weighted by atomic mass is 16.1. The summed E-state index contributed by atoms with van der Waals surface area (Å²) >= 11 is 0. The third kappa shape index (κ3) is 3.39. The quantitative estimate of drug-likeness (QED) is 0.351. The van der Waals surface area contributed by atoms with Gasteiger partial charge in [-0.25, -0.2) is 19.6 Å². The average molecular weight is 474 g/mol. The van der Waals surface area contributed by atoms with Crippen LogP contribution in [0.2, 0.25) is 0 Å². The molecule has 6 aromatic rings. The Labute approximate surface area is 206 Å². The van der Waals surface area contributed by atoms with Crippen LogP contribution in [0.5, 0.6) is 0 Å². The van der Waals surface area contributed by atoms with Crippen LogP contribution in [-0.2, 0) is 7.05 Å². The molecular weight excluding hydrogens is 450 g/mol. The molecule has 0 aliphatic carbocycles. The van der Waals surface area contributed by atoms with E-state index in [1.165, 1.54) is 0 Å². The lowest BCUT2D eigenvalue weighted by Crippen LogP contribution is -2.20. The summed E-state index contributed by atoms with van der Waals surface area (Å²) < 4.78 is 3.44. The van der Waals surface area contributed by atoms with Gasteiger partial charge in [0.25, 0.3) is 5.56 Å². The first-order valence-electron chi connectivity index (χ1n) is 11.6. The number of rotatable bonds is 4. The van der Waals surface area contributed by atoms with Crippen LogP contribution in [-0.4, -0.2) is 24.3 Å². The van der Waals surface area contributed by atoms with Gasteiger partial charge in [-0.1, -0.05) is 66.7 Å². The molecule has 0 spiro atoms. The fourth-order valence-electron chi connectivity index (χ4n) is 4.49. The molecule has 0 aliphatic heterocycles. The lowest BCUT2D eigenvalue weighted by molar-refractivity contribution is 0.630. The van der Waals surface area contributed by atoms with Crippen LogP contribution in [0.15, 0.2) is 89.7 Å². The summed E-state index contributed by atoms with van der Waals surface area (Å²) in [6, 6.07) is 27.0. The number of anilines is 3. The van der Waals surface area contributed by atoms with Crippen molar-refractivity contribution in [3.63, 3.8) is 0 Å². The van der Waals surface area contributed by atoms with Gasteiger partial charge in [-0.3, -0.25) is 9.48 Å². The van der Waals surface area contributed by atoms with Crippen molar-refractivity contribution in [2.75, 3.05) is 11.1 Å². The molecule has 0 fully saturated rings. The number of fused-ring (bicyclic) bond motifs is 3. The molecule has 0 unspecified atom stereocenters. The van der Waals surface area contributed by atoms with Gasteiger partial charge in [-0.05, 0) is 25.1 Å². The monoisotopic (exact) mass is 473 g/mol. The summed E-state index contributed by atoms with van der Waals surface area (Å²) in [4.78, 5) is 27.8. The molecule has 0 saturated heterocycles. The zero-order chi connectivity index (χ0) is 24.8. The maximum Gasteiger partial charge on any atom is 0.295 e.